The molecule has 0 aliphatic heterocycles. The molecule has 5 heteroatoms. The second kappa shape index (κ2) is 5.67. The molecule has 1 heterocycles. The Balaban J connectivity index is 2.18. The van der Waals surface area contributed by atoms with E-state index >= 15 is 0 Å². The molecule has 0 aliphatic rings. The number of ether oxygens (including phenoxy) is 1. The first-order valence-corrected chi connectivity index (χ1v) is 6.51. The number of carbonyl (C=O) groups excluding carboxylic acids is 2. The molecule has 0 bridgehead atoms. The Bertz CT molecular complexity index is 592. The van der Waals surface area contributed by atoms with Gasteiger partial charge in [0.2, 0.25) is 6.10 Å². The SMILES string of the molecule is Cc1ccc(C(=O)O[C@H](C(N)=O)c2ccccc2)s1. The normalized spacial score (nSPS) is 11.8. The molecule has 0 radical (unpaired) electrons. The number of carbonyl (C=O) groups is 2. The molecule has 0 saturated carbocycles. The maximum absolute atomic E-state index is 11.9. The Hall–Kier alpha value is -2.14. The van der Waals surface area contributed by atoms with Crippen LogP contribution in [-0.4, -0.2) is 11.9 Å². The quantitative estimate of drug-likeness (QED) is 0.871. The van der Waals surface area contributed by atoms with Gasteiger partial charge in [0.15, 0.2) is 0 Å². The number of nitrogens with two attached hydrogens (primary N) is 1. The number of rotatable bonds is 4. The van der Waals surface area contributed by atoms with E-state index in [1.165, 1.54) is 11.3 Å². The largest absolute Gasteiger partial charge is 0.443 e. The molecular formula is C14H13NO3S. The summed E-state index contributed by atoms with van der Waals surface area (Å²) in [5.74, 6) is -1.22. The lowest BCUT2D eigenvalue weighted by atomic mass is 10.1. The fourth-order valence-electron chi connectivity index (χ4n) is 1.63. The Morgan fingerprint density at radius 2 is 1.84 bits per heavy atom. The molecule has 2 rings (SSSR count). The number of esters is 1. The molecule has 1 atom stereocenters. The molecular weight excluding hydrogens is 262 g/mol. The molecule has 1 aromatic heterocycles. The highest BCUT2D eigenvalue weighted by Gasteiger charge is 2.23. The van der Waals surface area contributed by atoms with Gasteiger partial charge in [-0.3, -0.25) is 4.79 Å². The molecule has 0 spiro atoms. The molecule has 19 heavy (non-hydrogen) atoms. The van der Waals surface area contributed by atoms with Crippen molar-refractivity contribution >= 4 is 23.2 Å². The van der Waals surface area contributed by atoms with Crippen LogP contribution in [0.2, 0.25) is 0 Å². The first kappa shape index (κ1) is 13.3. The van der Waals surface area contributed by atoms with Crippen LogP contribution in [0.5, 0.6) is 0 Å². The van der Waals surface area contributed by atoms with Gasteiger partial charge in [0.1, 0.15) is 4.88 Å². The van der Waals surface area contributed by atoms with Crippen molar-refractivity contribution in [3.63, 3.8) is 0 Å². The predicted molar refractivity (Wildman–Crippen MR) is 72.8 cm³/mol. The number of thiophene rings is 1. The van der Waals surface area contributed by atoms with Crippen LogP contribution < -0.4 is 5.73 Å². The first-order chi connectivity index (χ1) is 9.08. The summed E-state index contributed by atoms with van der Waals surface area (Å²) < 4.78 is 5.19. The van der Waals surface area contributed by atoms with Crippen LogP contribution >= 0.6 is 11.3 Å². The van der Waals surface area contributed by atoms with E-state index in [-0.39, 0.29) is 0 Å². The number of primary amides is 1. The highest BCUT2D eigenvalue weighted by molar-refractivity contribution is 7.13. The van der Waals surface area contributed by atoms with Crippen LogP contribution in [0, 0.1) is 6.92 Å². The summed E-state index contributed by atoms with van der Waals surface area (Å²) in [6, 6.07) is 12.2. The van der Waals surface area contributed by atoms with Gasteiger partial charge < -0.3 is 10.5 Å². The summed E-state index contributed by atoms with van der Waals surface area (Å²) in [4.78, 5) is 24.8. The fraction of sp³-hybridized carbons (Fsp3) is 0.143. The third-order valence-corrected chi connectivity index (χ3v) is 3.51. The second-order valence-corrected chi connectivity index (χ2v) is 5.30. The maximum atomic E-state index is 11.9. The van der Waals surface area contributed by atoms with Gasteiger partial charge in [-0.15, -0.1) is 11.3 Å². The van der Waals surface area contributed by atoms with Gasteiger partial charge >= 0.3 is 5.97 Å². The van der Waals surface area contributed by atoms with E-state index in [1.54, 1.807) is 30.3 Å². The molecule has 2 aromatic rings. The second-order valence-electron chi connectivity index (χ2n) is 4.01. The average Bonchev–Trinajstić information content (AvgIpc) is 2.83. The summed E-state index contributed by atoms with van der Waals surface area (Å²) in [6.45, 7) is 1.89. The van der Waals surface area contributed by atoms with E-state index in [4.69, 9.17) is 10.5 Å². The van der Waals surface area contributed by atoms with Crippen LogP contribution in [0.3, 0.4) is 0 Å². The Morgan fingerprint density at radius 3 is 2.37 bits per heavy atom. The van der Waals surface area contributed by atoms with Crippen molar-refractivity contribution in [2.24, 2.45) is 5.73 Å². The topological polar surface area (TPSA) is 69.4 Å². The van der Waals surface area contributed by atoms with Crippen LogP contribution in [-0.2, 0) is 9.53 Å². The minimum Gasteiger partial charge on any atom is -0.443 e. The van der Waals surface area contributed by atoms with E-state index in [0.29, 0.717) is 10.4 Å². The monoisotopic (exact) mass is 275 g/mol. The zero-order valence-corrected chi connectivity index (χ0v) is 11.1. The van der Waals surface area contributed by atoms with E-state index < -0.39 is 18.0 Å². The number of benzene rings is 1. The first-order valence-electron chi connectivity index (χ1n) is 5.69. The van der Waals surface area contributed by atoms with Crippen molar-refractivity contribution in [3.8, 4) is 0 Å². The maximum Gasteiger partial charge on any atom is 0.349 e. The number of hydrogen-bond donors (Lipinski definition) is 1. The van der Waals surface area contributed by atoms with E-state index in [9.17, 15) is 9.59 Å². The average molecular weight is 275 g/mol. The van der Waals surface area contributed by atoms with Crippen LogP contribution in [0.1, 0.15) is 26.2 Å². The van der Waals surface area contributed by atoms with Crippen molar-refractivity contribution in [3.05, 3.63) is 57.8 Å². The van der Waals surface area contributed by atoms with Crippen LogP contribution in [0.4, 0.5) is 0 Å². The molecule has 1 amide bonds. The lowest BCUT2D eigenvalue weighted by Gasteiger charge is -2.14. The molecule has 4 nitrogen and oxygen atoms in total. The zero-order valence-electron chi connectivity index (χ0n) is 10.3. The van der Waals surface area contributed by atoms with Gasteiger partial charge in [-0.1, -0.05) is 30.3 Å². The number of amides is 1. The highest BCUT2D eigenvalue weighted by atomic mass is 32.1. The standard InChI is InChI=1S/C14H13NO3S/c1-9-7-8-11(19-9)14(17)18-12(13(15)16)10-5-3-2-4-6-10/h2-8,12H,1H3,(H2,15,16)/t12-/m0/s1. The van der Waals surface area contributed by atoms with Gasteiger partial charge in [-0.25, -0.2) is 4.79 Å². The van der Waals surface area contributed by atoms with E-state index in [0.717, 1.165) is 4.88 Å². The van der Waals surface area contributed by atoms with Gasteiger partial charge in [0.05, 0.1) is 0 Å². The van der Waals surface area contributed by atoms with Gasteiger partial charge in [0, 0.05) is 10.4 Å². The predicted octanol–water partition coefficient (Wildman–Crippen LogP) is 2.44. The fourth-order valence-corrected chi connectivity index (χ4v) is 2.38. The summed E-state index contributed by atoms with van der Waals surface area (Å²) >= 11 is 1.32. The molecule has 0 unspecified atom stereocenters. The van der Waals surface area contributed by atoms with Crippen LogP contribution in [0.15, 0.2) is 42.5 Å². The minimum absolute atomic E-state index is 0.458. The van der Waals surface area contributed by atoms with E-state index in [1.807, 2.05) is 19.1 Å². The highest BCUT2D eigenvalue weighted by Crippen LogP contribution is 2.22. The van der Waals surface area contributed by atoms with Crippen molar-refractivity contribution in [1.29, 1.82) is 0 Å². The Kier molecular flexibility index (Phi) is 3.97. The molecule has 0 aliphatic carbocycles. The number of aryl methyl sites for hydroxylation is 1. The summed E-state index contributed by atoms with van der Waals surface area (Å²) in [6.07, 6.45) is -1.06. The molecule has 0 saturated heterocycles. The summed E-state index contributed by atoms with van der Waals surface area (Å²) in [7, 11) is 0. The molecule has 2 N–H and O–H groups in total. The van der Waals surface area contributed by atoms with Crippen LogP contribution in [0.25, 0.3) is 0 Å². The van der Waals surface area contributed by atoms with Crippen molar-refractivity contribution in [2.45, 2.75) is 13.0 Å². The van der Waals surface area contributed by atoms with Gasteiger partial charge in [0.25, 0.3) is 5.91 Å². The van der Waals surface area contributed by atoms with Crippen molar-refractivity contribution in [2.75, 3.05) is 0 Å². The molecule has 98 valence electrons. The summed E-state index contributed by atoms with van der Waals surface area (Å²) in [5.41, 5.74) is 5.85. The minimum atomic E-state index is -1.06. The van der Waals surface area contributed by atoms with Crippen molar-refractivity contribution in [1.82, 2.24) is 0 Å². The third-order valence-electron chi connectivity index (χ3n) is 2.53. The molecule has 0 fully saturated rings. The molecule has 1 aromatic carbocycles. The Labute approximate surface area is 114 Å². The Morgan fingerprint density at radius 1 is 1.16 bits per heavy atom. The lowest BCUT2D eigenvalue weighted by molar-refractivity contribution is -0.127. The summed E-state index contributed by atoms with van der Waals surface area (Å²) in [5, 5.41) is 0. The zero-order chi connectivity index (χ0) is 13.8. The smallest absolute Gasteiger partial charge is 0.349 e. The third kappa shape index (κ3) is 3.20. The lowest BCUT2D eigenvalue weighted by Crippen LogP contribution is -2.26. The van der Waals surface area contributed by atoms with E-state index in [2.05, 4.69) is 0 Å². The van der Waals surface area contributed by atoms with Gasteiger partial charge in [-0.05, 0) is 19.1 Å². The van der Waals surface area contributed by atoms with Crippen molar-refractivity contribution < 1.29 is 14.3 Å². The number of hydrogen-bond acceptors (Lipinski definition) is 4. The van der Waals surface area contributed by atoms with Gasteiger partial charge in [-0.2, -0.15) is 0 Å².